The minimum Gasteiger partial charge on any atom is -0.508 e. The second kappa shape index (κ2) is 10.9. The number of nitriles is 1. The Morgan fingerprint density at radius 1 is 1.16 bits per heavy atom. The number of halogens is 2. The standard InChI is InChI=1S/C36H37F2N5O2/c1-2-27-31(38)7-4-21-14-26(44)15-32(33(21)27)42-11-8-28-30(19-42)29(17-39)35(41-34(28)22-12-24-5-6-25(13-22)40-24)45-20-36-9-3-10-43(36)18-23(37)16-36/h1,4,7,14-15,22-25,40,44H,3,5-6,8-13,16,18-20H2/t22?,23-,24?,25?,36?/m1/s1. The molecule has 45 heavy (non-hydrogen) atoms. The third-order valence-electron chi connectivity index (χ3n) is 11.1. The lowest BCUT2D eigenvalue weighted by molar-refractivity contribution is 0.110. The van der Waals surface area contributed by atoms with Crippen molar-refractivity contribution in [3.63, 3.8) is 0 Å². The highest BCUT2D eigenvalue weighted by Gasteiger charge is 2.49. The summed E-state index contributed by atoms with van der Waals surface area (Å²) >= 11 is 0. The fourth-order valence-electron chi connectivity index (χ4n) is 9.13. The Balaban J connectivity index is 1.22. The van der Waals surface area contributed by atoms with Gasteiger partial charge < -0.3 is 20.1 Å². The molecular weight excluding hydrogens is 572 g/mol. The maximum absolute atomic E-state index is 14.9. The highest BCUT2D eigenvalue weighted by atomic mass is 19.1. The molecule has 7 nitrogen and oxygen atoms in total. The molecule has 6 heterocycles. The summed E-state index contributed by atoms with van der Waals surface area (Å²) in [5.74, 6) is 2.68. The number of piperidine rings is 1. The molecule has 5 aliphatic heterocycles. The van der Waals surface area contributed by atoms with Crippen molar-refractivity contribution in [3.05, 3.63) is 58.0 Å². The molecule has 1 aromatic heterocycles. The van der Waals surface area contributed by atoms with Crippen LogP contribution < -0.4 is 15.0 Å². The molecule has 0 spiro atoms. The monoisotopic (exact) mass is 609 g/mol. The van der Waals surface area contributed by atoms with Crippen LogP contribution >= 0.6 is 0 Å². The molecule has 0 amide bonds. The average molecular weight is 610 g/mol. The number of terminal acetylenes is 1. The van der Waals surface area contributed by atoms with Gasteiger partial charge in [0.05, 0.1) is 16.8 Å². The van der Waals surface area contributed by atoms with Crippen molar-refractivity contribution < 1.29 is 18.6 Å². The van der Waals surface area contributed by atoms with Crippen LogP contribution in [0.15, 0.2) is 24.3 Å². The topological polar surface area (TPSA) is 84.7 Å². The number of aromatic nitrogens is 1. The Kier molecular flexibility index (Phi) is 6.89. The largest absolute Gasteiger partial charge is 0.508 e. The number of nitrogens with one attached hydrogen (secondary N) is 1. The van der Waals surface area contributed by atoms with Gasteiger partial charge in [-0.05, 0) is 80.1 Å². The first kappa shape index (κ1) is 28.5. The van der Waals surface area contributed by atoms with Crippen LogP contribution in [0.3, 0.4) is 0 Å². The number of phenolic OH excluding ortho intramolecular Hbond substituents is 1. The maximum atomic E-state index is 14.9. The number of aromatic hydroxyl groups is 1. The van der Waals surface area contributed by atoms with Gasteiger partial charge in [-0.15, -0.1) is 6.42 Å². The average Bonchev–Trinajstić information content (AvgIpc) is 3.68. The smallest absolute Gasteiger partial charge is 0.232 e. The Bertz CT molecular complexity index is 1770. The lowest BCUT2D eigenvalue weighted by Gasteiger charge is -2.37. The van der Waals surface area contributed by atoms with Gasteiger partial charge in [0.2, 0.25) is 5.88 Å². The van der Waals surface area contributed by atoms with E-state index >= 15 is 0 Å². The van der Waals surface area contributed by atoms with Crippen molar-refractivity contribution in [1.29, 1.82) is 5.26 Å². The molecule has 8 rings (SSSR count). The number of nitrogens with zero attached hydrogens (tertiary/aromatic N) is 4. The van der Waals surface area contributed by atoms with Gasteiger partial charge in [-0.3, -0.25) is 4.90 Å². The van der Waals surface area contributed by atoms with Crippen molar-refractivity contribution in [2.75, 3.05) is 31.1 Å². The number of alkyl halides is 1. The molecule has 4 fully saturated rings. The van der Waals surface area contributed by atoms with Crippen LogP contribution in [-0.4, -0.2) is 65.0 Å². The van der Waals surface area contributed by atoms with Gasteiger partial charge in [-0.25, -0.2) is 13.8 Å². The van der Waals surface area contributed by atoms with Crippen LogP contribution in [0.4, 0.5) is 14.5 Å². The summed E-state index contributed by atoms with van der Waals surface area (Å²) in [4.78, 5) is 9.44. The van der Waals surface area contributed by atoms with E-state index in [9.17, 15) is 19.1 Å². The van der Waals surface area contributed by atoms with E-state index in [1.807, 2.05) is 0 Å². The van der Waals surface area contributed by atoms with Gasteiger partial charge in [0.15, 0.2) is 0 Å². The Morgan fingerprint density at radius 2 is 1.98 bits per heavy atom. The minimum atomic E-state index is -0.870. The van der Waals surface area contributed by atoms with Gasteiger partial charge in [0.1, 0.15) is 36.0 Å². The molecule has 5 aliphatic rings. The molecule has 4 atom stereocenters. The number of ether oxygens (including phenoxy) is 1. The van der Waals surface area contributed by atoms with Crippen molar-refractivity contribution in [3.8, 4) is 30.0 Å². The van der Waals surface area contributed by atoms with Crippen LogP contribution in [0, 0.1) is 29.5 Å². The summed E-state index contributed by atoms with van der Waals surface area (Å²) in [5.41, 5.74) is 3.80. The highest BCUT2D eigenvalue weighted by molar-refractivity contribution is 6.00. The predicted molar refractivity (Wildman–Crippen MR) is 168 cm³/mol. The lowest BCUT2D eigenvalue weighted by Crippen LogP contribution is -2.43. The third-order valence-corrected chi connectivity index (χ3v) is 11.1. The van der Waals surface area contributed by atoms with E-state index in [4.69, 9.17) is 16.1 Å². The van der Waals surface area contributed by atoms with Gasteiger partial charge in [-0.2, -0.15) is 5.26 Å². The van der Waals surface area contributed by atoms with E-state index in [0.29, 0.717) is 79.1 Å². The number of phenols is 1. The Morgan fingerprint density at radius 3 is 2.76 bits per heavy atom. The van der Waals surface area contributed by atoms with Crippen molar-refractivity contribution in [2.45, 2.75) is 87.6 Å². The zero-order chi connectivity index (χ0) is 30.9. The van der Waals surface area contributed by atoms with E-state index in [-0.39, 0.29) is 22.8 Å². The SMILES string of the molecule is C#Cc1c(F)ccc2cc(O)cc(N3CCc4c(C5CC6CCC(C5)N6)nc(OCC56CCCN5C[C@H](F)C6)c(C#N)c4C3)c12. The van der Waals surface area contributed by atoms with Crippen molar-refractivity contribution >= 4 is 16.5 Å². The quantitative estimate of drug-likeness (QED) is 0.373. The summed E-state index contributed by atoms with van der Waals surface area (Å²) in [6.45, 7) is 2.56. The van der Waals surface area contributed by atoms with Crippen LogP contribution in [0.1, 0.15) is 78.8 Å². The highest BCUT2D eigenvalue weighted by Crippen LogP contribution is 2.45. The normalized spacial score (nSPS) is 28.9. The zero-order valence-corrected chi connectivity index (χ0v) is 25.3. The summed E-state index contributed by atoms with van der Waals surface area (Å²) in [6, 6.07) is 9.53. The third kappa shape index (κ3) is 4.71. The van der Waals surface area contributed by atoms with Gasteiger partial charge in [0, 0.05) is 61.2 Å². The van der Waals surface area contributed by atoms with E-state index in [0.717, 1.165) is 61.9 Å². The lowest BCUT2D eigenvalue weighted by atomic mass is 9.83. The molecule has 2 N–H and O–H groups in total. The number of fused-ring (bicyclic) bond motifs is 5. The fourth-order valence-corrected chi connectivity index (χ4v) is 9.13. The molecule has 3 aromatic rings. The molecule has 3 unspecified atom stereocenters. The number of benzene rings is 2. The first-order valence-electron chi connectivity index (χ1n) is 16.3. The molecule has 4 saturated heterocycles. The van der Waals surface area contributed by atoms with Crippen LogP contribution in [0.5, 0.6) is 11.6 Å². The van der Waals surface area contributed by atoms with Crippen LogP contribution in [0.2, 0.25) is 0 Å². The predicted octanol–water partition coefficient (Wildman–Crippen LogP) is 5.45. The molecule has 0 aliphatic carbocycles. The van der Waals surface area contributed by atoms with E-state index < -0.39 is 12.0 Å². The molecule has 2 bridgehead atoms. The number of pyridine rings is 1. The molecule has 2 aromatic carbocycles. The van der Waals surface area contributed by atoms with Crippen molar-refractivity contribution in [2.24, 2.45) is 0 Å². The molecule has 9 heteroatoms. The zero-order valence-electron chi connectivity index (χ0n) is 25.3. The molecule has 232 valence electrons. The number of hydrogen-bond donors (Lipinski definition) is 2. The molecule has 0 radical (unpaired) electrons. The minimum absolute atomic E-state index is 0.0612. The van der Waals surface area contributed by atoms with Crippen LogP contribution in [0.25, 0.3) is 10.8 Å². The molecule has 0 saturated carbocycles. The number of rotatable bonds is 5. The van der Waals surface area contributed by atoms with E-state index in [1.54, 1.807) is 18.2 Å². The summed E-state index contributed by atoms with van der Waals surface area (Å²) < 4.78 is 36.0. The number of anilines is 1. The van der Waals surface area contributed by atoms with Crippen molar-refractivity contribution in [1.82, 2.24) is 15.2 Å². The first-order valence-corrected chi connectivity index (χ1v) is 16.3. The molecular formula is C36H37F2N5O2. The first-order chi connectivity index (χ1) is 21.9. The Labute approximate surface area is 262 Å². The van der Waals surface area contributed by atoms with E-state index in [1.165, 1.54) is 6.07 Å². The summed E-state index contributed by atoms with van der Waals surface area (Å²) in [5, 5.41) is 26.2. The Hall–Kier alpha value is -3.92. The second-order valence-corrected chi connectivity index (χ2v) is 13.7. The van der Waals surface area contributed by atoms with Gasteiger partial charge >= 0.3 is 0 Å². The summed E-state index contributed by atoms with van der Waals surface area (Å²) in [7, 11) is 0. The fraction of sp³-hybridized carbons (Fsp3) is 0.500. The van der Waals surface area contributed by atoms with Gasteiger partial charge in [0.25, 0.3) is 0 Å². The number of hydrogen-bond acceptors (Lipinski definition) is 7. The summed E-state index contributed by atoms with van der Waals surface area (Å²) in [6.07, 6.45) is 12.2. The van der Waals surface area contributed by atoms with Gasteiger partial charge in [-0.1, -0.05) is 12.0 Å². The maximum Gasteiger partial charge on any atom is 0.232 e. The van der Waals surface area contributed by atoms with E-state index in [2.05, 4.69) is 27.1 Å². The second-order valence-electron chi connectivity index (χ2n) is 13.7. The van der Waals surface area contributed by atoms with Crippen LogP contribution in [-0.2, 0) is 13.0 Å².